The molecule has 1 saturated heterocycles. The number of nitrogens with zero attached hydrogens (tertiary/aromatic N) is 1. The predicted molar refractivity (Wildman–Crippen MR) is 100 cm³/mol. The molecule has 0 unspecified atom stereocenters. The van der Waals surface area contributed by atoms with Crippen LogP contribution >= 0.6 is 0 Å². The fraction of sp³-hybridized carbons (Fsp3) is 0.316. The molecular weight excluding hydrogens is 409 g/mol. The van der Waals surface area contributed by atoms with Gasteiger partial charge in [-0.1, -0.05) is 18.2 Å². The molecular formula is C19H19F3N2O4S. The molecule has 1 fully saturated rings. The van der Waals surface area contributed by atoms with Gasteiger partial charge in [-0.3, -0.25) is 4.79 Å². The van der Waals surface area contributed by atoms with E-state index < -0.39 is 40.0 Å². The van der Waals surface area contributed by atoms with Crippen molar-refractivity contribution in [2.24, 2.45) is 0 Å². The van der Waals surface area contributed by atoms with Crippen molar-refractivity contribution in [3.05, 3.63) is 54.1 Å². The van der Waals surface area contributed by atoms with E-state index in [1.165, 1.54) is 40.7 Å². The van der Waals surface area contributed by atoms with E-state index >= 15 is 0 Å². The van der Waals surface area contributed by atoms with Crippen molar-refractivity contribution in [2.75, 3.05) is 25.0 Å². The van der Waals surface area contributed by atoms with Gasteiger partial charge in [-0.15, -0.1) is 0 Å². The fourth-order valence-electron chi connectivity index (χ4n) is 2.98. The largest absolute Gasteiger partial charge is 0.483 e. The third-order valence-electron chi connectivity index (χ3n) is 4.37. The highest BCUT2D eigenvalue weighted by Gasteiger charge is 2.34. The summed E-state index contributed by atoms with van der Waals surface area (Å²) in [5, 5.41) is 2.45. The van der Waals surface area contributed by atoms with Gasteiger partial charge in [0.2, 0.25) is 10.0 Å². The summed E-state index contributed by atoms with van der Waals surface area (Å²) in [6, 6.07) is 10.3. The van der Waals surface area contributed by atoms with E-state index in [0.717, 1.165) is 25.0 Å². The molecule has 3 rings (SSSR count). The summed E-state index contributed by atoms with van der Waals surface area (Å²) in [5.41, 5.74) is -0.769. The molecule has 2 aromatic carbocycles. The molecule has 6 nitrogen and oxygen atoms in total. The van der Waals surface area contributed by atoms with Crippen LogP contribution < -0.4 is 10.1 Å². The van der Waals surface area contributed by atoms with Gasteiger partial charge < -0.3 is 10.1 Å². The van der Waals surface area contributed by atoms with Gasteiger partial charge in [0.1, 0.15) is 5.75 Å². The standard InChI is InChI=1S/C19H19F3N2O4S/c20-19(21,22)16-8-1-2-9-17(16)28-13-18(25)23-14-6-5-7-15(12-14)29(26,27)24-10-3-4-11-24/h1-2,5-9,12H,3-4,10-11,13H2,(H,23,25). The van der Waals surface area contributed by atoms with Crippen molar-refractivity contribution in [3.63, 3.8) is 0 Å². The van der Waals surface area contributed by atoms with Crippen molar-refractivity contribution in [1.82, 2.24) is 4.31 Å². The number of anilines is 1. The van der Waals surface area contributed by atoms with Gasteiger partial charge in [0.25, 0.3) is 5.91 Å². The van der Waals surface area contributed by atoms with Crippen LogP contribution in [0.1, 0.15) is 18.4 Å². The van der Waals surface area contributed by atoms with E-state index in [4.69, 9.17) is 4.74 Å². The average Bonchev–Trinajstić information content (AvgIpc) is 3.22. The molecule has 1 amide bonds. The molecule has 1 aliphatic rings. The van der Waals surface area contributed by atoms with Crippen LogP contribution in [0.15, 0.2) is 53.4 Å². The van der Waals surface area contributed by atoms with Crippen molar-refractivity contribution in [2.45, 2.75) is 23.9 Å². The Kier molecular flexibility index (Phi) is 6.13. The van der Waals surface area contributed by atoms with Gasteiger partial charge in [0.15, 0.2) is 6.61 Å². The van der Waals surface area contributed by atoms with Crippen LogP contribution in [0.4, 0.5) is 18.9 Å². The Balaban J connectivity index is 1.66. The minimum absolute atomic E-state index is 0.0422. The number of benzene rings is 2. The Bertz CT molecular complexity index is 987. The lowest BCUT2D eigenvalue weighted by molar-refractivity contribution is -0.139. The van der Waals surface area contributed by atoms with Gasteiger partial charge >= 0.3 is 6.18 Å². The van der Waals surface area contributed by atoms with Crippen LogP contribution in [0.5, 0.6) is 5.75 Å². The molecule has 0 radical (unpaired) electrons. The molecule has 156 valence electrons. The highest BCUT2D eigenvalue weighted by atomic mass is 32.2. The first-order chi connectivity index (χ1) is 13.7. The van der Waals surface area contributed by atoms with Crippen LogP contribution in [0.3, 0.4) is 0 Å². The molecule has 1 aliphatic heterocycles. The van der Waals surface area contributed by atoms with Crippen molar-refractivity contribution in [1.29, 1.82) is 0 Å². The molecule has 10 heteroatoms. The number of hydrogen-bond acceptors (Lipinski definition) is 4. The molecule has 0 aromatic heterocycles. The number of carbonyl (C=O) groups is 1. The quantitative estimate of drug-likeness (QED) is 0.764. The summed E-state index contributed by atoms with van der Waals surface area (Å²) in [6.07, 6.45) is -3.01. The second-order valence-corrected chi connectivity index (χ2v) is 8.41. The first kappa shape index (κ1) is 21.1. The summed E-state index contributed by atoms with van der Waals surface area (Å²) in [6.45, 7) is 0.243. The predicted octanol–water partition coefficient (Wildman–Crippen LogP) is 3.51. The number of halogens is 3. The average molecular weight is 428 g/mol. The van der Waals surface area contributed by atoms with Gasteiger partial charge in [-0.05, 0) is 43.2 Å². The second-order valence-electron chi connectivity index (χ2n) is 6.47. The number of sulfonamides is 1. The van der Waals surface area contributed by atoms with Crippen molar-refractivity contribution in [3.8, 4) is 5.75 Å². The number of carbonyl (C=O) groups excluding carboxylic acids is 1. The molecule has 29 heavy (non-hydrogen) atoms. The maximum absolute atomic E-state index is 13.0. The zero-order valence-corrected chi connectivity index (χ0v) is 16.1. The van der Waals surface area contributed by atoms with Gasteiger partial charge in [0, 0.05) is 18.8 Å². The van der Waals surface area contributed by atoms with E-state index in [1.807, 2.05) is 0 Å². The van der Waals surface area contributed by atoms with Crippen molar-refractivity contribution < 1.29 is 31.1 Å². The molecule has 0 atom stereocenters. The molecule has 1 N–H and O–H groups in total. The van der Waals surface area contributed by atoms with E-state index in [2.05, 4.69) is 5.32 Å². The van der Waals surface area contributed by atoms with E-state index in [0.29, 0.717) is 13.1 Å². The lowest BCUT2D eigenvalue weighted by Crippen LogP contribution is -2.28. The topological polar surface area (TPSA) is 75.7 Å². The van der Waals surface area contributed by atoms with E-state index in [1.54, 1.807) is 0 Å². The first-order valence-corrected chi connectivity index (χ1v) is 10.3. The Morgan fingerprint density at radius 2 is 1.76 bits per heavy atom. The second kappa shape index (κ2) is 8.42. The monoisotopic (exact) mass is 428 g/mol. The highest BCUT2D eigenvalue weighted by Crippen LogP contribution is 2.35. The van der Waals surface area contributed by atoms with Gasteiger partial charge in [-0.2, -0.15) is 17.5 Å². The summed E-state index contributed by atoms with van der Waals surface area (Å²) in [4.78, 5) is 12.1. The van der Waals surface area contributed by atoms with E-state index in [9.17, 15) is 26.4 Å². The Hall–Kier alpha value is -2.59. The summed E-state index contributed by atoms with van der Waals surface area (Å²) in [7, 11) is -3.65. The smallest absolute Gasteiger partial charge is 0.419 e. The minimum atomic E-state index is -4.61. The SMILES string of the molecule is O=C(COc1ccccc1C(F)(F)F)Nc1cccc(S(=O)(=O)N2CCCC2)c1. The zero-order chi connectivity index (χ0) is 21.1. The van der Waals surface area contributed by atoms with Crippen LogP contribution in [0.25, 0.3) is 0 Å². The zero-order valence-electron chi connectivity index (χ0n) is 15.3. The highest BCUT2D eigenvalue weighted by molar-refractivity contribution is 7.89. The lowest BCUT2D eigenvalue weighted by atomic mass is 10.2. The Labute approximate surface area is 166 Å². The third kappa shape index (κ3) is 5.07. The maximum atomic E-state index is 13.0. The maximum Gasteiger partial charge on any atom is 0.419 e. The number of hydrogen-bond donors (Lipinski definition) is 1. The molecule has 1 heterocycles. The van der Waals surface area contributed by atoms with Gasteiger partial charge in [-0.25, -0.2) is 8.42 Å². The summed E-state index contributed by atoms with van der Waals surface area (Å²) in [5.74, 6) is -1.17. The van der Waals surface area contributed by atoms with Crippen LogP contribution in [-0.2, 0) is 21.0 Å². The molecule has 0 bridgehead atoms. The van der Waals surface area contributed by atoms with Crippen LogP contribution in [0, 0.1) is 0 Å². The third-order valence-corrected chi connectivity index (χ3v) is 6.27. The van der Waals surface area contributed by atoms with Crippen LogP contribution in [0.2, 0.25) is 0 Å². The molecule has 0 aliphatic carbocycles. The minimum Gasteiger partial charge on any atom is -0.483 e. The number of nitrogens with one attached hydrogen (secondary N) is 1. The fourth-order valence-corrected chi connectivity index (χ4v) is 4.54. The summed E-state index contributed by atoms with van der Waals surface area (Å²) < 4.78 is 70.5. The number of para-hydroxylation sites is 1. The number of amides is 1. The molecule has 2 aromatic rings. The first-order valence-electron chi connectivity index (χ1n) is 8.87. The number of ether oxygens (including phenoxy) is 1. The molecule has 0 spiro atoms. The lowest BCUT2D eigenvalue weighted by Gasteiger charge is -2.16. The van der Waals surface area contributed by atoms with E-state index in [-0.39, 0.29) is 10.6 Å². The number of alkyl halides is 3. The Morgan fingerprint density at radius 3 is 2.45 bits per heavy atom. The van der Waals surface area contributed by atoms with Crippen LogP contribution in [-0.4, -0.2) is 38.3 Å². The summed E-state index contributed by atoms with van der Waals surface area (Å²) >= 11 is 0. The molecule has 0 saturated carbocycles. The van der Waals surface area contributed by atoms with Gasteiger partial charge in [0.05, 0.1) is 10.5 Å². The number of rotatable bonds is 6. The normalized spacial score (nSPS) is 15.3. The van der Waals surface area contributed by atoms with Crippen molar-refractivity contribution >= 4 is 21.6 Å². The Morgan fingerprint density at radius 1 is 1.07 bits per heavy atom.